The number of rotatable bonds is 8. The molecule has 1 amide bonds. The predicted octanol–water partition coefficient (Wildman–Crippen LogP) is 3.33. The largest absolute Gasteiger partial charge is 0.359 e. The number of hydrogen-bond acceptors (Lipinski definition) is 2. The van der Waals surface area contributed by atoms with E-state index in [2.05, 4.69) is 6.92 Å². The molecule has 1 atom stereocenters. The molecule has 1 rings (SSSR count). The fraction of sp³-hybridized carbons (Fsp3) is 0.929. The van der Waals surface area contributed by atoms with Crippen molar-refractivity contribution < 1.29 is 9.53 Å². The van der Waals surface area contributed by atoms with Gasteiger partial charge in [-0.1, -0.05) is 32.6 Å². The van der Waals surface area contributed by atoms with Crippen molar-refractivity contribution in [1.29, 1.82) is 0 Å². The topological polar surface area (TPSA) is 29.5 Å². The van der Waals surface area contributed by atoms with E-state index in [4.69, 9.17) is 4.74 Å². The van der Waals surface area contributed by atoms with Crippen molar-refractivity contribution in [3.05, 3.63) is 0 Å². The first-order chi connectivity index (χ1) is 8.29. The molecule has 1 heterocycles. The molecule has 0 N–H and O–H groups in total. The van der Waals surface area contributed by atoms with Gasteiger partial charge in [0.05, 0.1) is 0 Å². The summed E-state index contributed by atoms with van der Waals surface area (Å²) in [6.45, 7) is 5.80. The lowest BCUT2D eigenvalue weighted by atomic mass is 10.1. The number of amides is 1. The Balaban J connectivity index is 2.27. The lowest BCUT2D eigenvalue weighted by Crippen LogP contribution is -2.45. The SMILES string of the molecule is CCCCCCCN1C(=O)CCCC1OCC. The van der Waals surface area contributed by atoms with Crippen LogP contribution in [0.3, 0.4) is 0 Å². The fourth-order valence-corrected chi connectivity index (χ4v) is 2.41. The molecular weight excluding hydrogens is 214 g/mol. The smallest absolute Gasteiger partial charge is 0.224 e. The number of carbonyl (C=O) groups is 1. The number of carbonyl (C=O) groups excluding carboxylic acids is 1. The van der Waals surface area contributed by atoms with Gasteiger partial charge < -0.3 is 9.64 Å². The third kappa shape index (κ3) is 5.07. The number of ether oxygens (including phenoxy) is 1. The molecule has 1 unspecified atom stereocenters. The second kappa shape index (κ2) is 8.51. The summed E-state index contributed by atoms with van der Waals surface area (Å²) < 4.78 is 5.65. The summed E-state index contributed by atoms with van der Waals surface area (Å²) in [5.41, 5.74) is 0. The van der Waals surface area contributed by atoms with E-state index in [1.807, 2.05) is 11.8 Å². The van der Waals surface area contributed by atoms with Crippen molar-refractivity contribution in [1.82, 2.24) is 4.90 Å². The summed E-state index contributed by atoms with van der Waals surface area (Å²) in [5, 5.41) is 0. The summed E-state index contributed by atoms with van der Waals surface area (Å²) >= 11 is 0. The molecule has 0 aliphatic carbocycles. The summed E-state index contributed by atoms with van der Waals surface area (Å²) in [4.78, 5) is 13.8. The minimum atomic E-state index is 0.0485. The molecule has 0 saturated carbocycles. The monoisotopic (exact) mass is 241 g/mol. The fourth-order valence-electron chi connectivity index (χ4n) is 2.41. The third-order valence-electron chi connectivity index (χ3n) is 3.37. The van der Waals surface area contributed by atoms with E-state index in [0.717, 1.165) is 25.8 Å². The van der Waals surface area contributed by atoms with Crippen molar-refractivity contribution in [3.8, 4) is 0 Å². The van der Waals surface area contributed by atoms with Crippen LogP contribution in [0.15, 0.2) is 0 Å². The van der Waals surface area contributed by atoms with E-state index in [1.165, 1.54) is 25.7 Å². The van der Waals surface area contributed by atoms with Crippen LogP contribution in [0.5, 0.6) is 0 Å². The molecule has 100 valence electrons. The molecule has 0 radical (unpaired) electrons. The molecule has 0 aromatic carbocycles. The van der Waals surface area contributed by atoms with E-state index in [0.29, 0.717) is 13.0 Å². The quantitative estimate of drug-likeness (QED) is 0.610. The zero-order valence-electron chi connectivity index (χ0n) is 11.4. The molecule has 17 heavy (non-hydrogen) atoms. The van der Waals surface area contributed by atoms with Gasteiger partial charge in [0.15, 0.2) is 0 Å². The van der Waals surface area contributed by atoms with E-state index < -0.39 is 0 Å². The first-order valence-corrected chi connectivity index (χ1v) is 7.20. The average Bonchev–Trinajstić information content (AvgIpc) is 2.32. The van der Waals surface area contributed by atoms with Gasteiger partial charge in [-0.2, -0.15) is 0 Å². The molecule has 1 aliphatic rings. The molecule has 3 nitrogen and oxygen atoms in total. The van der Waals surface area contributed by atoms with Gasteiger partial charge in [0.25, 0.3) is 0 Å². The normalized spacial score (nSPS) is 20.9. The number of nitrogens with zero attached hydrogens (tertiary/aromatic N) is 1. The lowest BCUT2D eigenvalue weighted by Gasteiger charge is -2.35. The van der Waals surface area contributed by atoms with Crippen LogP contribution in [0.1, 0.15) is 65.2 Å². The summed E-state index contributed by atoms with van der Waals surface area (Å²) in [6.07, 6.45) is 8.96. The van der Waals surface area contributed by atoms with Gasteiger partial charge in [0, 0.05) is 19.6 Å². The van der Waals surface area contributed by atoms with Crippen molar-refractivity contribution in [3.63, 3.8) is 0 Å². The highest BCUT2D eigenvalue weighted by Crippen LogP contribution is 2.20. The highest BCUT2D eigenvalue weighted by atomic mass is 16.5. The number of unbranched alkanes of at least 4 members (excludes halogenated alkanes) is 4. The molecule has 0 bridgehead atoms. The van der Waals surface area contributed by atoms with Crippen LogP contribution in [0.4, 0.5) is 0 Å². The van der Waals surface area contributed by atoms with Gasteiger partial charge >= 0.3 is 0 Å². The minimum absolute atomic E-state index is 0.0485. The second-order valence-corrected chi connectivity index (χ2v) is 4.80. The van der Waals surface area contributed by atoms with Gasteiger partial charge in [0.2, 0.25) is 5.91 Å². The predicted molar refractivity (Wildman–Crippen MR) is 69.7 cm³/mol. The zero-order valence-corrected chi connectivity index (χ0v) is 11.4. The second-order valence-electron chi connectivity index (χ2n) is 4.80. The van der Waals surface area contributed by atoms with E-state index in [9.17, 15) is 4.79 Å². The maximum Gasteiger partial charge on any atom is 0.224 e. The number of hydrogen-bond donors (Lipinski definition) is 0. The van der Waals surface area contributed by atoms with Crippen LogP contribution >= 0.6 is 0 Å². The van der Waals surface area contributed by atoms with E-state index in [1.54, 1.807) is 0 Å². The number of likely N-dealkylation sites (tertiary alicyclic amines) is 1. The molecule has 0 aromatic rings. The first kappa shape index (κ1) is 14.5. The Hall–Kier alpha value is -0.570. The van der Waals surface area contributed by atoms with Crippen LogP contribution in [0.25, 0.3) is 0 Å². The van der Waals surface area contributed by atoms with E-state index >= 15 is 0 Å². The maximum absolute atomic E-state index is 11.8. The van der Waals surface area contributed by atoms with Crippen LogP contribution in [0.2, 0.25) is 0 Å². The number of piperidine rings is 1. The van der Waals surface area contributed by atoms with Gasteiger partial charge in [-0.15, -0.1) is 0 Å². The van der Waals surface area contributed by atoms with E-state index in [-0.39, 0.29) is 12.1 Å². The van der Waals surface area contributed by atoms with Crippen LogP contribution < -0.4 is 0 Å². The van der Waals surface area contributed by atoms with Gasteiger partial charge in [-0.3, -0.25) is 4.79 Å². The van der Waals surface area contributed by atoms with Crippen LogP contribution in [-0.2, 0) is 9.53 Å². The first-order valence-electron chi connectivity index (χ1n) is 7.20. The highest BCUT2D eigenvalue weighted by molar-refractivity contribution is 5.77. The molecule has 3 heteroatoms. The average molecular weight is 241 g/mol. The third-order valence-corrected chi connectivity index (χ3v) is 3.37. The van der Waals surface area contributed by atoms with Crippen molar-refractivity contribution in [2.45, 2.75) is 71.4 Å². The Morgan fingerprint density at radius 2 is 2.00 bits per heavy atom. The Bertz CT molecular complexity index is 216. The maximum atomic E-state index is 11.8. The summed E-state index contributed by atoms with van der Waals surface area (Å²) in [6, 6.07) is 0. The Kier molecular flexibility index (Phi) is 7.25. The van der Waals surface area contributed by atoms with Crippen LogP contribution in [-0.4, -0.2) is 30.2 Å². The van der Waals surface area contributed by atoms with Crippen molar-refractivity contribution >= 4 is 5.91 Å². The highest BCUT2D eigenvalue weighted by Gasteiger charge is 2.27. The van der Waals surface area contributed by atoms with Crippen molar-refractivity contribution in [2.75, 3.05) is 13.2 Å². The summed E-state index contributed by atoms with van der Waals surface area (Å²) in [7, 11) is 0. The molecule has 1 aliphatic heterocycles. The Labute approximate surface area is 106 Å². The molecule has 1 fully saturated rings. The molecular formula is C14H27NO2. The van der Waals surface area contributed by atoms with Crippen molar-refractivity contribution in [2.24, 2.45) is 0 Å². The lowest BCUT2D eigenvalue weighted by molar-refractivity contribution is -0.152. The molecule has 1 saturated heterocycles. The minimum Gasteiger partial charge on any atom is -0.359 e. The van der Waals surface area contributed by atoms with Crippen LogP contribution in [0, 0.1) is 0 Å². The molecule has 0 spiro atoms. The summed E-state index contributed by atoms with van der Waals surface area (Å²) in [5.74, 6) is 0.283. The zero-order chi connectivity index (χ0) is 12.5. The standard InChI is InChI=1S/C14H27NO2/c1-3-5-6-7-8-12-15-13(16)10-9-11-14(15)17-4-2/h14H,3-12H2,1-2H3. The Morgan fingerprint density at radius 3 is 2.71 bits per heavy atom. The van der Waals surface area contributed by atoms with Gasteiger partial charge in [0.1, 0.15) is 6.23 Å². The van der Waals surface area contributed by atoms with Gasteiger partial charge in [-0.25, -0.2) is 0 Å². The van der Waals surface area contributed by atoms with Gasteiger partial charge in [-0.05, 0) is 26.2 Å². The Morgan fingerprint density at radius 1 is 1.24 bits per heavy atom. The molecule has 0 aromatic heterocycles.